The number of aryl methyl sites for hydroxylation is 1. The summed E-state index contributed by atoms with van der Waals surface area (Å²) in [6.07, 6.45) is 1.85. The standard InChI is InChI=1S/C16H16O3S/c1-2-12-8-14(15(20-12)16(17)18)19-9-11-7-10-5-3-4-6-13(10)11/h3-6,8,11H,2,7,9H2,1H3,(H,17,18). The van der Waals surface area contributed by atoms with Gasteiger partial charge < -0.3 is 9.84 Å². The molecule has 1 aromatic carbocycles. The minimum Gasteiger partial charge on any atom is -0.491 e. The normalized spacial score (nSPS) is 16.4. The smallest absolute Gasteiger partial charge is 0.349 e. The van der Waals surface area contributed by atoms with Crippen LogP contribution in [0.3, 0.4) is 0 Å². The van der Waals surface area contributed by atoms with Crippen LogP contribution in [0, 0.1) is 0 Å². The third kappa shape index (κ3) is 2.31. The molecule has 0 saturated heterocycles. The number of aromatic carboxylic acids is 1. The Hall–Kier alpha value is -1.81. The fourth-order valence-corrected chi connectivity index (χ4v) is 3.43. The average Bonchev–Trinajstić information content (AvgIpc) is 2.83. The highest BCUT2D eigenvalue weighted by molar-refractivity contribution is 7.14. The molecule has 0 aliphatic heterocycles. The molecule has 104 valence electrons. The van der Waals surface area contributed by atoms with Gasteiger partial charge in [0.25, 0.3) is 0 Å². The van der Waals surface area contributed by atoms with Crippen molar-refractivity contribution in [1.29, 1.82) is 0 Å². The SMILES string of the molecule is CCc1cc(OCC2Cc3ccccc32)c(C(=O)O)s1. The van der Waals surface area contributed by atoms with Gasteiger partial charge >= 0.3 is 5.97 Å². The number of hydrogen-bond acceptors (Lipinski definition) is 3. The Morgan fingerprint density at radius 3 is 2.95 bits per heavy atom. The zero-order valence-electron chi connectivity index (χ0n) is 11.3. The molecule has 1 atom stereocenters. The summed E-state index contributed by atoms with van der Waals surface area (Å²) in [5.74, 6) is 0.000243. The minimum atomic E-state index is -0.904. The van der Waals surface area contributed by atoms with E-state index in [1.807, 2.05) is 25.1 Å². The van der Waals surface area contributed by atoms with Crippen molar-refractivity contribution in [2.45, 2.75) is 25.7 Å². The van der Waals surface area contributed by atoms with E-state index in [2.05, 4.69) is 12.1 Å². The van der Waals surface area contributed by atoms with Gasteiger partial charge in [-0.05, 0) is 30.0 Å². The fraction of sp³-hybridized carbons (Fsp3) is 0.312. The van der Waals surface area contributed by atoms with Gasteiger partial charge in [-0.2, -0.15) is 0 Å². The summed E-state index contributed by atoms with van der Waals surface area (Å²) in [6, 6.07) is 10.2. The lowest BCUT2D eigenvalue weighted by atomic mass is 9.78. The lowest BCUT2D eigenvalue weighted by Crippen LogP contribution is -2.23. The number of ether oxygens (including phenoxy) is 1. The van der Waals surface area contributed by atoms with Gasteiger partial charge in [0.1, 0.15) is 5.75 Å². The lowest BCUT2D eigenvalue weighted by Gasteiger charge is -2.29. The minimum absolute atomic E-state index is 0.314. The number of rotatable bonds is 5. The van der Waals surface area contributed by atoms with Crippen molar-refractivity contribution in [3.63, 3.8) is 0 Å². The number of carboxylic acid groups (broad SMARTS) is 1. The van der Waals surface area contributed by atoms with Crippen LogP contribution >= 0.6 is 11.3 Å². The second-order valence-electron chi connectivity index (χ2n) is 4.98. The van der Waals surface area contributed by atoms with Crippen LogP contribution in [0.15, 0.2) is 30.3 Å². The first-order chi connectivity index (χ1) is 9.69. The van der Waals surface area contributed by atoms with Gasteiger partial charge in [-0.3, -0.25) is 0 Å². The molecule has 0 bridgehead atoms. The second-order valence-corrected chi connectivity index (χ2v) is 6.11. The first-order valence-electron chi connectivity index (χ1n) is 6.75. The Morgan fingerprint density at radius 1 is 1.45 bits per heavy atom. The summed E-state index contributed by atoms with van der Waals surface area (Å²) in [5.41, 5.74) is 2.70. The van der Waals surface area contributed by atoms with Gasteiger partial charge in [-0.25, -0.2) is 4.79 Å². The molecule has 3 nitrogen and oxygen atoms in total. The van der Waals surface area contributed by atoms with Crippen molar-refractivity contribution in [1.82, 2.24) is 0 Å². The molecule has 0 spiro atoms. The quantitative estimate of drug-likeness (QED) is 0.912. The molecule has 4 heteroatoms. The van der Waals surface area contributed by atoms with E-state index in [9.17, 15) is 9.90 Å². The van der Waals surface area contributed by atoms with Crippen LogP contribution in [-0.4, -0.2) is 17.7 Å². The molecule has 1 N–H and O–H groups in total. The molecule has 0 fully saturated rings. The Bertz CT molecular complexity index is 645. The van der Waals surface area contributed by atoms with Gasteiger partial charge in [0, 0.05) is 10.8 Å². The summed E-state index contributed by atoms with van der Waals surface area (Å²) >= 11 is 1.31. The maximum Gasteiger partial charge on any atom is 0.349 e. The summed E-state index contributed by atoms with van der Waals surface area (Å²) in [7, 11) is 0. The molecule has 0 radical (unpaired) electrons. The summed E-state index contributed by atoms with van der Waals surface area (Å²) in [4.78, 5) is 12.6. The lowest BCUT2D eigenvalue weighted by molar-refractivity contribution is 0.0697. The highest BCUT2D eigenvalue weighted by Gasteiger charge is 2.27. The number of fused-ring (bicyclic) bond motifs is 1. The van der Waals surface area contributed by atoms with Crippen LogP contribution in [0.5, 0.6) is 5.75 Å². The molecule has 1 unspecified atom stereocenters. The molecule has 1 aromatic heterocycles. The number of hydrogen-bond donors (Lipinski definition) is 1. The van der Waals surface area contributed by atoms with Crippen molar-refractivity contribution in [3.8, 4) is 5.75 Å². The van der Waals surface area contributed by atoms with Gasteiger partial charge in [0.15, 0.2) is 4.88 Å². The Morgan fingerprint density at radius 2 is 2.25 bits per heavy atom. The average molecular weight is 288 g/mol. The van der Waals surface area contributed by atoms with E-state index in [0.29, 0.717) is 23.2 Å². The highest BCUT2D eigenvalue weighted by Crippen LogP contribution is 2.36. The maximum absolute atomic E-state index is 11.2. The van der Waals surface area contributed by atoms with Crippen LogP contribution < -0.4 is 4.74 Å². The summed E-state index contributed by atoms with van der Waals surface area (Å²) in [6.45, 7) is 2.57. The molecule has 1 aliphatic carbocycles. The van der Waals surface area contributed by atoms with Gasteiger partial charge in [0.2, 0.25) is 0 Å². The second kappa shape index (κ2) is 5.29. The Labute approximate surface area is 121 Å². The van der Waals surface area contributed by atoms with E-state index in [1.54, 1.807) is 0 Å². The number of carbonyl (C=O) groups is 1. The van der Waals surface area contributed by atoms with Gasteiger partial charge in [0.05, 0.1) is 6.61 Å². The number of thiophene rings is 1. The third-order valence-electron chi connectivity index (χ3n) is 3.69. The molecular weight excluding hydrogens is 272 g/mol. The zero-order valence-corrected chi connectivity index (χ0v) is 12.1. The predicted octanol–water partition coefficient (Wildman–Crippen LogP) is 3.73. The van der Waals surface area contributed by atoms with Crippen molar-refractivity contribution >= 4 is 17.3 Å². The van der Waals surface area contributed by atoms with Crippen molar-refractivity contribution in [3.05, 3.63) is 51.2 Å². The van der Waals surface area contributed by atoms with E-state index in [0.717, 1.165) is 17.7 Å². The third-order valence-corrected chi connectivity index (χ3v) is 4.94. The largest absolute Gasteiger partial charge is 0.491 e. The van der Waals surface area contributed by atoms with Crippen LogP contribution in [0.4, 0.5) is 0 Å². The van der Waals surface area contributed by atoms with E-state index >= 15 is 0 Å². The Kier molecular flexibility index (Phi) is 3.49. The van der Waals surface area contributed by atoms with Crippen LogP contribution in [0.25, 0.3) is 0 Å². The number of benzene rings is 1. The highest BCUT2D eigenvalue weighted by atomic mass is 32.1. The van der Waals surface area contributed by atoms with Crippen molar-refractivity contribution in [2.75, 3.05) is 6.61 Å². The fourth-order valence-electron chi connectivity index (χ4n) is 2.55. The maximum atomic E-state index is 11.2. The molecule has 2 aromatic rings. The molecule has 3 rings (SSSR count). The van der Waals surface area contributed by atoms with E-state index in [4.69, 9.17) is 4.74 Å². The molecule has 1 heterocycles. The summed E-state index contributed by atoms with van der Waals surface area (Å²) < 4.78 is 5.77. The Balaban J connectivity index is 1.71. The molecule has 20 heavy (non-hydrogen) atoms. The molecule has 0 saturated carbocycles. The van der Waals surface area contributed by atoms with E-state index in [-0.39, 0.29) is 0 Å². The van der Waals surface area contributed by atoms with E-state index < -0.39 is 5.97 Å². The van der Waals surface area contributed by atoms with Crippen LogP contribution in [-0.2, 0) is 12.8 Å². The number of carboxylic acids is 1. The first kappa shape index (κ1) is 13.2. The predicted molar refractivity (Wildman–Crippen MR) is 79.0 cm³/mol. The molecule has 0 amide bonds. The first-order valence-corrected chi connectivity index (χ1v) is 7.57. The van der Waals surface area contributed by atoms with Gasteiger partial charge in [-0.15, -0.1) is 11.3 Å². The van der Waals surface area contributed by atoms with Crippen molar-refractivity contribution < 1.29 is 14.6 Å². The van der Waals surface area contributed by atoms with E-state index in [1.165, 1.54) is 22.5 Å². The van der Waals surface area contributed by atoms with Crippen molar-refractivity contribution in [2.24, 2.45) is 0 Å². The molecular formula is C16H16O3S. The summed E-state index contributed by atoms with van der Waals surface area (Å²) in [5, 5.41) is 9.20. The topological polar surface area (TPSA) is 46.5 Å². The zero-order chi connectivity index (χ0) is 14.1. The monoisotopic (exact) mass is 288 g/mol. The van der Waals surface area contributed by atoms with Crippen LogP contribution in [0.2, 0.25) is 0 Å². The van der Waals surface area contributed by atoms with Gasteiger partial charge in [-0.1, -0.05) is 31.2 Å². The molecule has 1 aliphatic rings. The van der Waals surface area contributed by atoms with Crippen LogP contribution in [0.1, 0.15) is 38.5 Å².